The Balaban J connectivity index is 2.22. The third-order valence-corrected chi connectivity index (χ3v) is 4.64. The predicted molar refractivity (Wildman–Crippen MR) is 96.4 cm³/mol. The summed E-state index contributed by atoms with van der Waals surface area (Å²) in [7, 11) is 3.49. The molecule has 2 heterocycles. The Morgan fingerprint density at radius 1 is 1.26 bits per heavy atom. The highest BCUT2D eigenvalue weighted by molar-refractivity contribution is 9.10. The summed E-state index contributed by atoms with van der Waals surface area (Å²) in [6, 6.07) is 5.73. The lowest BCUT2D eigenvalue weighted by Gasteiger charge is -2.11. The Morgan fingerprint density at radius 2 is 1.96 bits per heavy atom. The molecular weight excluding hydrogens is 376 g/mol. The Labute approximate surface area is 146 Å². The first-order chi connectivity index (χ1) is 11.0. The fraction of sp³-hybridized carbons (Fsp3) is 0.188. The fourth-order valence-corrected chi connectivity index (χ4v) is 3.15. The van der Waals surface area contributed by atoms with Gasteiger partial charge in [-0.3, -0.25) is 9.36 Å². The maximum absolute atomic E-state index is 12.2. The van der Waals surface area contributed by atoms with Crippen molar-refractivity contribution < 1.29 is 4.79 Å². The number of hydrogen-bond acceptors (Lipinski definition) is 4. The van der Waals surface area contributed by atoms with Crippen LogP contribution >= 0.6 is 27.7 Å². The number of halogens is 1. The first kappa shape index (κ1) is 16.0. The predicted octanol–water partition coefficient (Wildman–Crippen LogP) is 3.61. The van der Waals surface area contributed by atoms with Crippen LogP contribution in [-0.4, -0.2) is 45.7 Å². The lowest BCUT2D eigenvalue weighted by atomic mass is 10.1. The summed E-state index contributed by atoms with van der Waals surface area (Å²) in [6.45, 7) is 0. The quantitative estimate of drug-likeness (QED) is 0.641. The molecular formula is C16H15BrN4OS. The fourth-order valence-electron chi connectivity index (χ4n) is 2.34. The second-order valence-corrected chi connectivity index (χ2v) is 6.96. The van der Waals surface area contributed by atoms with Crippen molar-refractivity contribution >= 4 is 44.5 Å². The second-order valence-electron chi connectivity index (χ2n) is 5.20. The summed E-state index contributed by atoms with van der Waals surface area (Å²) < 4.78 is 2.74. The maximum Gasteiger partial charge on any atom is 0.253 e. The molecule has 2 aromatic heterocycles. The number of amides is 1. The second kappa shape index (κ2) is 6.33. The summed E-state index contributed by atoms with van der Waals surface area (Å²) in [5, 5.41) is 1.08. The van der Waals surface area contributed by atoms with Crippen molar-refractivity contribution in [3.63, 3.8) is 0 Å². The topological polar surface area (TPSA) is 51.0 Å². The molecule has 0 spiro atoms. The minimum Gasteiger partial charge on any atom is -0.345 e. The number of hydrogen-bond donors (Lipinski definition) is 0. The molecule has 7 heteroatoms. The minimum absolute atomic E-state index is 0.0259. The SMILES string of the molecule is CSc1cn(-c2ncc(Br)cn2)c2cc(C(=O)N(C)C)ccc12. The van der Waals surface area contributed by atoms with Gasteiger partial charge in [-0.15, -0.1) is 11.8 Å². The average Bonchev–Trinajstić information content (AvgIpc) is 2.92. The van der Waals surface area contributed by atoms with E-state index in [1.54, 1.807) is 43.2 Å². The van der Waals surface area contributed by atoms with Crippen LogP contribution in [0.25, 0.3) is 16.9 Å². The van der Waals surface area contributed by atoms with Crippen LogP contribution in [0.4, 0.5) is 0 Å². The number of carbonyl (C=O) groups excluding carboxylic acids is 1. The van der Waals surface area contributed by atoms with E-state index in [4.69, 9.17) is 0 Å². The van der Waals surface area contributed by atoms with E-state index in [-0.39, 0.29) is 5.91 Å². The van der Waals surface area contributed by atoms with Crippen molar-refractivity contribution in [2.75, 3.05) is 20.4 Å². The van der Waals surface area contributed by atoms with Gasteiger partial charge in [-0.05, 0) is 34.3 Å². The van der Waals surface area contributed by atoms with Crippen molar-refractivity contribution in [3.8, 4) is 5.95 Å². The van der Waals surface area contributed by atoms with E-state index in [2.05, 4.69) is 25.9 Å². The molecule has 0 saturated carbocycles. The van der Waals surface area contributed by atoms with Gasteiger partial charge in [0.2, 0.25) is 5.95 Å². The van der Waals surface area contributed by atoms with Gasteiger partial charge in [0.05, 0.1) is 9.99 Å². The van der Waals surface area contributed by atoms with Crippen LogP contribution in [0.5, 0.6) is 0 Å². The first-order valence-electron chi connectivity index (χ1n) is 6.90. The summed E-state index contributed by atoms with van der Waals surface area (Å²) in [6.07, 6.45) is 7.45. The molecule has 0 aliphatic rings. The number of carbonyl (C=O) groups is 1. The molecule has 0 N–H and O–H groups in total. The molecule has 3 aromatic rings. The number of rotatable bonds is 3. The number of benzene rings is 1. The van der Waals surface area contributed by atoms with Gasteiger partial charge in [0, 0.05) is 48.5 Å². The molecule has 0 aliphatic carbocycles. The molecule has 0 atom stereocenters. The van der Waals surface area contributed by atoms with Crippen molar-refractivity contribution in [3.05, 3.63) is 46.8 Å². The van der Waals surface area contributed by atoms with Gasteiger partial charge in [-0.2, -0.15) is 0 Å². The highest BCUT2D eigenvalue weighted by Gasteiger charge is 2.15. The van der Waals surface area contributed by atoms with E-state index in [1.165, 1.54) is 0 Å². The largest absolute Gasteiger partial charge is 0.345 e. The summed E-state index contributed by atoms with van der Waals surface area (Å²) in [5.41, 5.74) is 1.57. The Morgan fingerprint density at radius 3 is 2.57 bits per heavy atom. The average molecular weight is 391 g/mol. The van der Waals surface area contributed by atoms with Gasteiger partial charge < -0.3 is 4.90 Å². The van der Waals surface area contributed by atoms with Gasteiger partial charge in [0.1, 0.15) is 0 Å². The third-order valence-electron chi connectivity index (χ3n) is 3.46. The van der Waals surface area contributed by atoms with E-state index in [0.29, 0.717) is 11.5 Å². The van der Waals surface area contributed by atoms with Crippen molar-refractivity contribution in [2.24, 2.45) is 0 Å². The third kappa shape index (κ3) is 2.98. The molecule has 0 aliphatic heterocycles. The van der Waals surface area contributed by atoms with Crippen LogP contribution < -0.4 is 0 Å². The molecule has 118 valence electrons. The van der Waals surface area contributed by atoms with Gasteiger partial charge in [-0.1, -0.05) is 6.07 Å². The van der Waals surface area contributed by atoms with Crippen LogP contribution in [0, 0.1) is 0 Å². The van der Waals surface area contributed by atoms with Crippen LogP contribution in [0.1, 0.15) is 10.4 Å². The zero-order chi connectivity index (χ0) is 16.6. The van der Waals surface area contributed by atoms with Gasteiger partial charge in [0.15, 0.2) is 0 Å². The Bertz CT molecular complexity index is 874. The van der Waals surface area contributed by atoms with E-state index in [0.717, 1.165) is 20.3 Å². The van der Waals surface area contributed by atoms with Gasteiger partial charge in [0.25, 0.3) is 5.91 Å². The highest BCUT2D eigenvalue weighted by atomic mass is 79.9. The molecule has 0 radical (unpaired) electrons. The van der Waals surface area contributed by atoms with Crippen LogP contribution in [-0.2, 0) is 0 Å². The Hall–Kier alpha value is -1.86. The zero-order valence-corrected chi connectivity index (χ0v) is 15.3. The highest BCUT2D eigenvalue weighted by Crippen LogP contribution is 2.31. The number of aromatic nitrogens is 3. The molecule has 1 aromatic carbocycles. The molecule has 0 bridgehead atoms. The summed E-state index contributed by atoms with van der Waals surface area (Å²) >= 11 is 5.00. The molecule has 3 rings (SSSR count). The number of fused-ring (bicyclic) bond motifs is 1. The van der Waals surface area contributed by atoms with Crippen LogP contribution in [0.15, 0.2) is 46.2 Å². The summed E-state index contributed by atoms with van der Waals surface area (Å²) in [5.74, 6) is 0.551. The number of thioether (sulfide) groups is 1. The normalized spacial score (nSPS) is 11.0. The van der Waals surface area contributed by atoms with Crippen LogP contribution in [0.3, 0.4) is 0 Å². The van der Waals surface area contributed by atoms with Crippen LogP contribution in [0.2, 0.25) is 0 Å². The smallest absolute Gasteiger partial charge is 0.253 e. The monoisotopic (exact) mass is 390 g/mol. The maximum atomic E-state index is 12.2. The standard InChI is InChI=1S/C16H15BrN4OS/c1-20(2)15(22)10-4-5-12-13(6-10)21(9-14(12)23-3)16-18-7-11(17)8-19-16/h4-9H,1-3H3. The lowest BCUT2D eigenvalue weighted by molar-refractivity contribution is 0.0827. The van der Waals surface area contributed by atoms with Crippen molar-refractivity contribution in [1.82, 2.24) is 19.4 Å². The van der Waals surface area contributed by atoms with Crippen molar-refractivity contribution in [2.45, 2.75) is 4.90 Å². The zero-order valence-electron chi connectivity index (χ0n) is 12.9. The van der Waals surface area contributed by atoms with E-state index >= 15 is 0 Å². The molecule has 1 amide bonds. The first-order valence-corrected chi connectivity index (χ1v) is 8.91. The molecule has 0 saturated heterocycles. The van der Waals surface area contributed by atoms with Gasteiger partial charge >= 0.3 is 0 Å². The molecule has 0 unspecified atom stereocenters. The minimum atomic E-state index is -0.0259. The van der Waals surface area contributed by atoms with E-state index in [9.17, 15) is 4.79 Å². The molecule has 5 nitrogen and oxygen atoms in total. The van der Waals surface area contributed by atoms with Crippen molar-refractivity contribution in [1.29, 1.82) is 0 Å². The summed E-state index contributed by atoms with van der Waals surface area (Å²) in [4.78, 5) is 23.6. The van der Waals surface area contributed by atoms with E-state index < -0.39 is 0 Å². The molecule has 0 fully saturated rings. The number of nitrogens with zero attached hydrogens (tertiary/aromatic N) is 4. The molecule has 23 heavy (non-hydrogen) atoms. The Kier molecular flexibility index (Phi) is 4.41. The lowest BCUT2D eigenvalue weighted by Crippen LogP contribution is -2.21. The van der Waals surface area contributed by atoms with Gasteiger partial charge in [-0.25, -0.2) is 9.97 Å². The van der Waals surface area contributed by atoms with E-state index in [1.807, 2.05) is 35.2 Å².